The first-order chi connectivity index (χ1) is 8.70. The molecule has 0 bridgehead atoms. The fraction of sp³-hybridized carbons (Fsp3) is 0.286. The standard InChI is InChI=1S/C14H16N4/c1-12-16-7-8-18(12)10-9-17(2)14-5-3-13(11-15)4-6-14/h3-8H,9-10H2,1-2H3. The molecule has 1 aromatic heterocycles. The molecule has 1 aromatic carbocycles. The molecule has 18 heavy (non-hydrogen) atoms. The van der Waals surface area contributed by atoms with Crippen LogP contribution in [0.4, 0.5) is 5.69 Å². The minimum Gasteiger partial charge on any atom is -0.373 e. The molecular weight excluding hydrogens is 224 g/mol. The molecule has 0 saturated carbocycles. The van der Waals surface area contributed by atoms with Crippen molar-refractivity contribution < 1.29 is 0 Å². The number of imidazole rings is 1. The lowest BCUT2D eigenvalue weighted by Crippen LogP contribution is -2.22. The van der Waals surface area contributed by atoms with Crippen LogP contribution in [0.1, 0.15) is 11.4 Å². The van der Waals surface area contributed by atoms with E-state index in [0.717, 1.165) is 24.6 Å². The van der Waals surface area contributed by atoms with Crippen molar-refractivity contribution in [1.82, 2.24) is 9.55 Å². The van der Waals surface area contributed by atoms with Gasteiger partial charge in [0.05, 0.1) is 11.6 Å². The lowest BCUT2D eigenvalue weighted by atomic mass is 10.2. The average Bonchev–Trinajstić information content (AvgIpc) is 2.81. The molecule has 4 heteroatoms. The maximum atomic E-state index is 8.75. The fourth-order valence-corrected chi connectivity index (χ4v) is 1.82. The van der Waals surface area contributed by atoms with Crippen molar-refractivity contribution in [2.24, 2.45) is 0 Å². The predicted octanol–water partition coefficient (Wildman–Crippen LogP) is 2.20. The van der Waals surface area contributed by atoms with Crippen LogP contribution in [0.15, 0.2) is 36.7 Å². The Bertz CT molecular complexity index is 548. The SMILES string of the molecule is Cc1nccn1CCN(C)c1ccc(C#N)cc1. The normalized spacial score (nSPS) is 10.1. The predicted molar refractivity (Wildman–Crippen MR) is 71.4 cm³/mol. The number of hydrogen-bond donors (Lipinski definition) is 0. The monoisotopic (exact) mass is 240 g/mol. The van der Waals surface area contributed by atoms with Crippen molar-refractivity contribution in [2.45, 2.75) is 13.5 Å². The Hall–Kier alpha value is -2.28. The number of aromatic nitrogens is 2. The number of anilines is 1. The van der Waals surface area contributed by atoms with Crippen molar-refractivity contribution in [2.75, 3.05) is 18.5 Å². The van der Waals surface area contributed by atoms with Gasteiger partial charge in [-0.3, -0.25) is 0 Å². The highest BCUT2D eigenvalue weighted by Crippen LogP contribution is 2.13. The third-order valence-corrected chi connectivity index (χ3v) is 3.04. The zero-order valence-corrected chi connectivity index (χ0v) is 10.7. The van der Waals surface area contributed by atoms with Gasteiger partial charge in [0.2, 0.25) is 0 Å². The molecule has 0 aliphatic carbocycles. The van der Waals surface area contributed by atoms with E-state index in [2.05, 4.69) is 20.5 Å². The molecule has 0 saturated heterocycles. The third kappa shape index (κ3) is 2.69. The molecule has 0 radical (unpaired) electrons. The van der Waals surface area contributed by atoms with E-state index in [-0.39, 0.29) is 0 Å². The highest BCUT2D eigenvalue weighted by atomic mass is 15.1. The maximum absolute atomic E-state index is 8.75. The second kappa shape index (κ2) is 5.37. The van der Waals surface area contributed by atoms with E-state index in [9.17, 15) is 0 Å². The molecule has 0 N–H and O–H groups in total. The Kier molecular flexibility index (Phi) is 3.63. The van der Waals surface area contributed by atoms with E-state index >= 15 is 0 Å². The van der Waals surface area contributed by atoms with Crippen molar-refractivity contribution in [3.63, 3.8) is 0 Å². The lowest BCUT2D eigenvalue weighted by molar-refractivity contribution is 0.664. The summed E-state index contributed by atoms with van der Waals surface area (Å²) in [6.07, 6.45) is 3.80. The Morgan fingerprint density at radius 2 is 2.06 bits per heavy atom. The van der Waals surface area contributed by atoms with Gasteiger partial charge in [-0.15, -0.1) is 0 Å². The van der Waals surface area contributed by atoms with Crippen LogP contribution in [-0.2, 0) is 6.54 Å². The van der Waals surface area contributed by atoms with Crippen LogP contribution in [0.5, 0.6) is 0 Å². The zero-order valence-electron chi connectivity index (χ0n) is 10.7. The minimum atomic E-state index is 0.692. The van der Waals surface area contributed by atoms with E-state index in [1.165, 1.54) is 0 Å². The third-order valence-electron chi connectivity index (χ3n) is 3.04. The summed E-state index contributed by atoms with van der Waals surface area (Å²) in [5.74, 6) is 1.03. The first kappa shape index (κ1) is 12.2. The summed E-state index contributed by atoms with van der Waals surface area (Å²) >= 11 is 0. The summed E-state index contributed by atoms with van der Waals surface area (Å²) in [6.45, 7) is 3.81. The fourth-order valence-electron chi connectivity index (χ4n) is 1.82. The molecule has 0 aliphatic rings. The topological polar surface area (TPSA) is 44.9 Å². The molecule has 2 aromatic rings. The van der Waals surface area contributed by atoms with Gasteiger partial charge in [0.15, 0.2) is 0 Å². The zero-order chi connectivity index (χ0) is 13.0. The van der Waals surface area contributed by atoms with Crippen molar-refractivity contribution >= 4 is 5.69 Å². The van der Waals surface area contributed by atoms with Crippen molar-refractivity contribution in [1.29, 1.82) is 5.26 Å². The molecule has 0 fully saturated rings. The molecule has 0 spiro atoms. The van der Waals surface area contributed by atoms with Gasteiger partial charge in [0, 0.05) is 38.2 Å². The summed E-state index contributed by atoms with van der Waals surface area (Å²) in [6, 6.07) is 9.75. The summed E-state index contributed by atoms with van der Waals surface area (Å²) < 4.78 is 2.13. The molecule has 4 nitrogen and oxygen atoms in total. The van der Waals surface area contributed by atoms with Gasteiger partial charge in [-0.2, -0.15) is 5.26 Å². The largest absolute Gasteiger partial charge is 0.373 e. The Balaban J connectivity index is 1.97. The van der Waals surface area contributed by atoms with Gasteiger partial charge in [0.25, 0.3) is 0 Å². The van der Waals surface area contributed by atoms with Crippen LogP contribution in [0.3, 0.4) is 0 Å². The average molecular weight is 240 g/mol. The molecule has 0 aliphatic heterocycles. The Morgan fingerprint density at radius 3 is 2.61 bits per heavy atom. The molecular formula is C14H16N4. The first-order valence-corrected chi connectivity index (χ1v) is 5.90. The van der Waals surface area contributed by atoms with E-state index in [1.54, 1.807) is 0 Å². The van der Waals surface area contributed by atoms with Crippen LogP contribution in [0.25, 0.3) is 0 Å². The molecule has 0 unspecified atom stereocenters. The number of hydrogen-bond acceptors (Lipinski definition) is 3. The van der Waals surface area contributed by atoms with Gasteiger partial charge >= 0.3 is 0 Å². The highest BCUT2D eigenvalue weighted by Gasteiger charge is 2.02. The van der Waals surface area contributed by atoms with Crippen molar-refractivity contribution in [3.05, 3.63) is 48.0 Å². The summed E-state index contributed by atoms with van der Waals surface area (Å²) in [4.78, 5) is 6.37. The molecule has 0 atom stereocenters. The molecule has 0 amide bonds. The van der Waals surface area contributed by atoms with Gasteiger partial charge in [-0.05, 0) is 31.2 Å². The highest BCUT2D eigenvalue weighted by molar-refractivity contribution is 5.48. The lowest BCUT2D eigenvalue weighted by Gasteiger charge is -2.19. The van der Waals surface area contributed by atoms with E-state index in [0.29, 0.717) is 5.56 Å². The number of nitriles is 1. The van der Waals surface area contributed by atoms with Gasteiger partial charge in [-0.25, -0.2) is 4.98 Å². The number of rotatable bonds is 4. The molecule has 92 valence electrons. The van der Waals surface area contributed by atoms with Crippen LogP contribution >= 0.6 is 0 Å². The quantitative estimate of drug-likeness (QED) is 0.823. The number of aryl methyl sites for hydroxylation is 1. The van der Waals surface area contributed by atoms with Gasteiger partial charge in [-0.1, -0.05) is 0 Å². The second-order valence-electron chi connectivity index (χ2n) is 4.25. The van der Waals surface area contributed by atoms with Crippen LogP contribution in [-0.4, -0.2) is 23.1 Å². The molecule has 1 heterocycles. The van der Waals surface area contributed by atoms with E-state index in [1.807, 2.05) is 50.6 Å². The van der Waals surface area contributed by atoms with Crippen LogP contribution in [0.2, 0.25) is 0 Å². The smallest absolute Gasteiger partial charge is 0.105 e. The summed E-state index contributed by atoms with van der Waals surface area (Å²) in [5, 5.41) is 8.75. The number of benzene rings is 1. The summed E-state index contributed by atoms with van der Waals surface area (Å²) in [5.41, 5.74) is 1.81. The van der Waals surface area contributed by atoms with Gasteiger partial charge < -0.3 is 9.47 Å². The van der Waals surface area contributed by atoms with Gasteiger partial charge in [0.1, 0.15) is 5.82 Å². The molecule has 2 rings (SSSR count). The number of nitrogens with zero attached hydrogens (tertiary/aromatic N) is 4. The minimum absolute atomic E-state index is 0.692. The van der Waals surface area contributed by atoms with Crippen LogP contribution in [0, 0.1) is 18.3 Å². The second-order valence-corrected chi connectivity index (χ2v) is 4.25. The van der Waals surface area contributed by atoms with Crippen molar-refractivity contribution in [3.8, 4) is 6.07 Å². The Labute approximate surface area is 107 Å². The van der Waals surface area contributed by atoms with Crippen LogP contribution < -0.4 is 4.90 Å². The Morgan fingerprint density at radius 1 is 1.33 bits per heavy atom. The van der Waals surface area contributed by atoms with E-state index < -0.39 is 0 Å². The first-order valence-electron chi connectivity index (χ1n) is 5.90. The number of likely N-dealkylation sites (N-methyl/N-ethyl adjacent to an activating group) is 1. The summed E-state index contributed by atoms with van der Waals surface area (Å²) in [7, 11) is 2.05. The maximum Gasteiger partial charge on any atom is 0.105 e. The van der Waals surface area contributed by atoms with E-state index in [4.69, 9.17) is 5.26 Å².